The van der Waals surface area contributed by atoms with E-state index in [1.54, 1.807) is 31.9 Å². The number of carboxylic acid groups (broad SMARTS) is 1. The molecule has 11 nitrogen and oxygen atoms in total. The largest absolute Gasteiger partial charge is 0.497 e. The van der Waals surface area contributed by atoms with Crippen LogP contribution in [0.15, 0.2) is 55.1 Å². The molecule has 4 aromatic rings. The van der Waals surface area contributed by atoms with Crippen molar-refractivity contribution in [3.05, 3.63) is 55.1 Å². The van der Waals surface area contributed by atoms with Gasteiger partial charge >= 0.3 is 6.09 Å². The van der Waals surface area contributed by atoms with Crippen molar-refractivity contribution in [1.82, 2.24) is 29.6 Å². The first-order valence-corrected chi connectivity index (χ1v) is 10.9. The summed E-state index contributed by atoms with van der Waals surface area (Å²) in [6.07, 6.45) is 6.47. The minimum absolute atomic E-state index is 0.440. The summed E-state index contributed by atoms with van der Waals surface area (Å²) in [5.74, 6) is 2.73. The van der Waals surface area contributed by atoms with Gasteiger partial charge in [0.15, 0.2) is 5.82 Å². The number of ether oxygens (including phenoxy) is 1. The zero-order chi connectivity index (χ0) is 23.5. The SMILES string of the molecule is COc1ccc2c(Nc3cnccn3)nn(-c3ccnc(N4CCCN(C(=O)O)CC4)c3)c2c1. The van der Waals surface area contributed by atoms with Crippen LogP contribution < -0.4 is 15.0 Å². The van der Waals surface area contributed by atoms with E-state index in [9.17, 15) is 9.90 Å². The Labute approximate surface area is 195 Å². The predicted molar refractivity (Wildman–Crippen MR) is 127 cm³/mol. The van der Waals surface area contributed by atoms with Crippen molar-refractivity contribution in [2.24, 2.45) is 0 Å². The van der Waals surface area contributed by atoms with E-state index < -0.39 is 6.09 Å². The Morgan fingerprint density at radius 3 is 2.76 bits per heavy atom. The molecule has 174 valence electrons. The summed E-state index contributed by atoms with van der Waals surface area (Å²) in [7, 11) is 1.63. The molecule has 0 unspecified atom stereocenters. The number of pyridine rings is 1. The van der Waals surface area contributed by atoms with Crippen molar-refractivity contribution in [1.29, 1.82) is 0 Å². The average Bonchev–Trinajstić information content (AvgIpc) is 3.04. The van der Waals surface area contributed by atoms with Crippen molar-refractivity contribution < 1.29 is 14.6 Å². The van der Waals surface area contributed by atoms with E-state index in [1.165, 1.54) is 4.90 Å². The van der Waals surface area contributed by atoms with Crippen LogP contribution in [0, 0.1) is 0 Å². The lowest BCUT2D eigenvalue weighted by Crippen LogP contribution is -2.34. The molecular weight excluding hydrogens is 436 g/mol. The van der Waals surface area contributed by atoms with Gasteiger partial charge in [0.05, 0.1) is 24.5 Å². The Balaban J connectivity index is 1.52. The Kier molecular flexibility index (Phi) is 5.81. The standard InChI is InChI=1S/C23H24N8O3/c1-34-17-3-4-18-19(14-17)31(28-22(18)27-20-15-24-7-8-25-20)16-5-6-26-21(13-16)29-9-2-10-30(12-11-29)23(32)33/h3-8,13-15H,2,9-12H2,1H3,(H,32,33)(H,25,27,28). The molecule has 0 atom stereocenters. The lowest BCUT2D eigenvalue weighted by atomic mass is 10.2. The van der Waals surface area contributed by atoms with Crippen LogP contribution in [0.5, 0.6) is 5.75 Å². The van der Waals surface area contributed by atoms with E-state index >= 15 is 0 Å². The lowest BCUT2D eigenvalue weighted by molar-refractivity contribution is 0.148. The van der Waals surface area contributed by atoms with Crippen LogP contribution in [0.1, 0.15) is 6.42 Å². The zero-order valence-corrected chi connectivity index (χ0v) is 18.6. The van der Waals surface area contributed by atoms with Crippen molar-refractivity contribution in [2.75, 3.05) is 43.5 Å². The number of benzene rings is 1. The van der Waals surface area contributed by atoms with Gasteiger partial charge in [-0.1, -0.05) is 0 Å². The molecule has 0 saturated carbocycles. The predicted octanol–water partition coefficient (Wildman–Crippen LogP) is 3.15. The third-order valence-electron chi connectivity index (χ3n) is 5.76. The molecule has 34 heavy (non-hydrogen) atoms. The Morgan fingerprint density at radius 2 is 1.97 bits per heavy atom. The summed E-state index contributed by atoms with van der Waals surface area (Å²) >= 11 is 0. The van der Waals surface area contributed by atoms with Gasteiger partial charge in [0.2, 0.25) is 0 Å². The number of nitrogens with zero attached hydrogens (tertiary/aromatic N) is 7. The molecular formula is C23H24N8O3. The van der Waals surface area contributed by atoms with E-state index in [1.807, 2.05) is 35.0 Å². The van der Waals surface area contributed by atoms with Crippen molar-refractivity contribution in [2.45, 2.75) is 6.42 Å². The van der Waals surface area contributed by atoms with Crippen LogP contribution in [0.2, 0.25) is 0 Å². The van der Waals surface area contributed by atoms with Crippen molar-refractivity contribution >= 4 is 34.4 Å². The number of fused-ring (bicyclic) bond motifs is 1. The molecule has 1 fully saturated rings. The van der Waals surface area contributed by atoms with Gasteiger partial charge in [-0.05, 0) is 24.6 Å². The average molecular weight is 460 g/mol. The molecule has 1 aliphatic heterocycles. The molecule has 0 aliphatic carbocycles. The van der Waals surface area contributed by atoms with Crippen LogP contribution in [0.4, 0.5) is 22.2 Å². The number of methoxy groups -OCH3 is 1. The summed E-state index contributed by atoms with van der Waals surface area (Å²) in [6.45, 7) is 2.27. The molecule has 3 aromatic heterocycles. The summed E-state index contributed by atoms with van der Waals surface area (Å²) in [4.78, 5) is 27.9. The first kappa shape index (κ1) is 21.4. The van der Waals surface area contributed by atoms with Gasteiger partial charge in [0.1, 0.15) is 17.4 Å². The number of hydrogen-bond acceptors (Lipinski definition) is 8. The van der Waals surface area contributed by atoms with E-state index in [0.717, 1.165) is 41.1 Å². The van der Waals surface area contributed by atoms with E-state index in [0.29, 0.717) is 31.3 Å². The van der Waals surface area contributed by atoms with Crippen LogP contribution in [0.25, 0.3) is 16.6 Å². The maximum atomic E-state index is 11.4. The number of hydrogen-bond donors (Lipinski definition) is 2. The van der Waals surface area contributed by atoms with Crippen LogP contribution >= 0.6 is 0 Å². The van der Waals surface area contributed by atoms with Crippen LogP contribution in [-0.2, 0) is 0 Å². The normalized spacial score (nSPS) is 14.1. The highest BCUT2D eigenvalue weighted by Crippen LogP contribution is 2.31. The fourth-order valence-corrected chi connectivity index (χ4v) is 4.05. The number of rotatable bonds is 5. The lowest BCUT2D eigenvalue weighted by Gasteiger charge is -2.22. The van der Waals surface area contributed by atoms with Gasteiger partial charge in [0.25, 0.3) is 0 Å². The zero-order valence-electron chi connectivity index (χ0n) is 18.6. The van der Waals surface area contributed by atoms with E-state index in [2.05, 4.69) is 25.2 Å². The maximum absolute atomic E-state index is 11.4. The monoisotopic (exact) mass is 460 g/mol. The van der Waals surface area contributed by atoms with Crippen LogP contribution in [-0.4, -0.2) is 74.1 Å². The van der Waals surface area contributed by atoms with E-state index in [-0.39, 0.29) is 0 Å². The number of aromatic nitrogens is 5. The van der Waals surface area contributed by atoms with E-state index in [4.69, 9.17) is 9.84 Å². The fourth-order valence-electron chi connectivity index (χ4n) is 4.05. The summed E-state index contributed by atoms with van der Waals surface area (Å²) < 4.78 is 7.28. The second-order valence-electron chi connectivity index (χ2n) is 7.84. The third kappa shape index (κ3) is 4.27. The van der Waals surface area contributed by atoms with Crippen LogP contribution in [0.3, 0.4) is 0 Å². The summed E-state index contributed by atoms with van der Waals surface area (Å²) in [5.41, 5.74) is 1.69. The second kappa shape index (κ2) is 9.22. The third-order valence-corrected chi connectivity index (χ3v) is 5.76. The van der Waals surface area contributed by atoms with Gasteiger partial charge < -0.3 is 25.0 Å². The first-order chi connectivity index (χ1) is 16.6. The van der Waals surface area contributed by atoms with Gasteiger partial charge in [-0.15, -0.1) is 5.10 Å². The topological polar surface area (TPSA) is 122 Å². The molecule has 0 spiro atoms. The Bertz CT molecular complexity index is 1310. The second-order valence-corrected chi connectivity index (χ2v) is 7.84. The number of amides is 1. The molecule has 11 heteroatoms. The molecule has 1 aromatic carbocycles. The van der Waals surface area contributed by atoms with Gasteiger partial charge in [-0.25, -0.2) is 19.4 Å². The maximum Gasteiger partial charge on any atom is 0.407 e. The number of nitrogens with one attached hydrogen (secondary N) is 1. The summed E-state index contributed by atoms with van der Waals surface area (Å²) in [5, 5.41) is 18.3. The molecule has 2 N–H and O–H groups in total. The molecule has 0 radical (unpaired) electrons. The highest BCUT2D eigenvalue weighted by molar-refractivity contribution is 5.93. The molecule has 1 aliphatic rings. The highest BCUT2D eigenvalue weighted by atomic mass is 16.5. The molecule has 1 saturated heterocycles. The van der Waals surface area contributed by atoms with Crippen molar-refractivity contribution in [3.63, 3.8) is 0 Å². The van der Waals surface area contributed by atoms with Gasteiger partial charge in [-0.2, -0.15) is 0 Å². The molecule has 0 bridgehead atoms. The minimum atomic E-state index is -0.886. The quantitative estimate of drug-likeness (QED) is 0.462. The van der Waals surface area contributed by atoms with Gasteiger partial charge in [0, 0.05) is 62.3 Å². The molecule has 1 amide bonds. The smallest absolute Gasteiger partial charge is 0.407 e. The fraction of sp³-hybridized carbons (Fsp3) is 0.261. The Morgan fingerprint density at radius 1 is 1.06 bits per heavy atom. The molecule has 4 heterocycles. The Hall–Kier alpha value is -4.41. The number of carbonyl (C=O) groups is 1. The number of anilines is 3. The molecule has 5 rings (SSSR count). The summed E-state index contributed by atoms with van der Waals surface area (Å²) in [6, 6.07) is 9.63. The van der Waals surface area contributed by atoms with Gasteiger partial charge in [-0.3, -0.25) is 4.98 Å². The minimum Gasteiger partial charge on any atom is -0.497 e. The van der Waals surface area contributed by atoms with Crippen molar-refractivity contribution in [3.8, 4) is 11.4 Å². The highest BCUT2D eigenvalue weighted by Gasteiger charge is 2.20. The first-order valence-electron chi connectivity index (χ1n) is 10.9.